The SMILES string of the molecule is COCCCC1(C(=O)O)CCCN(Cc2ccccc2C(F)(F)F)C1. The van der Waals surface area contributed by atoms with E-state index >= 15 is 0 Å². The first-order valence-electron chi connectivity index (χ1n) is 8.38. The van der Waals surface area contributed by atoms with Gasteiger partial charge in [0.2, 0.25) is 0 Å². The predicted octanol–water partition coefficient (Wildman–Crippen LogP) is 3.80. The third-order valence-electron chi connectivity index (χ3n) is 4.83. The average Bonchev–Trinajstić information content (AvgIpc) is 2.55. The Morgan fingerprint density at radius 3 is 2.72 bits per heavy atom. The Morgan fingerprint density at radius 2 is 2.08 bits per heavy atom. The maximum atomic E-state index is 13.2. The first-order chi connectivity index (χ1) is 11.8. The molecule has 0 aliphatic carbocycles. The minimum absolute atomic E-state index is 0.106. The summed E-state index contributed by atoms with van der Waals surface area (Å²) >= 11 is 0. The second-order valence-electron chi connectivity index (χ2n) is 6.65. The van der Waals surface area contributed by atoms with Crippen LogP contribution < -0.4 is 0 Å². The van der Waals surface area contributed by atoms with Crippen LogP contribution in [0, 0.1) is 5.41 Å². The lowest BCUT2D eigenvalue weighted by atomic mass is 9.76. The molecule has 0 aromatic heterocycles. The number of halogens is 3. The molecule has 140 valence electrons. The number of ether oxygens (including phenoxy) is 1. The van der Waals surface area contributed by atoms with Crippen LogP contribution in [-0.2, 0) is 22.3 Å². The van der Waals surface area contributed by atoms with Crippen molar-refractivity contribution in [2.24, 2.45) is 5.41 Å². The maximum absolute atomic E-state index is 13.2. The van der Waals surface area contributed by atoms with Gasteiger partial charge in [0.15, 0.2) is 0 Å². The van der Waals surface area contributed by atoms with E-state index < -0.39 is 23.1 Å². The van der Waals surface area contributed by atoms with Crippen LogP contribution in [0.1, 0.15) is 36.8 Å². The van der Waals surface area contributed by atoms with Crippen molar-refractivity contribution in [2.75, 3.05) is 26.8 Å². The number of hydrogen-bond acceptors (Lipinski definition) is 3. The Labute approximate surface area is 145 Å². The highest BCUT2D eigenvalue weighted by molar-refractivity contribution is 5.75. The van der Waals surface area contributed by atoms with Crippen molar-refractivity contribution in [3.8, 4) is 0 Å². The molecule has 0 radical (unpaired) electrons. The number of carboxylic acids is 1. The number of piperidine rings is 1. The lowest BCUT2D eigenvalue weighted by Gasteiger charge is -2.40. The van der Waals surface area contributed by atoms with Crippen molar-refractivity contribution in [1.82, 2.24) is 4.90 Å². The molecule has 4 nitrogen and oxygen atoms in total. The van der Waals surface area contributed by atoms with Crippen molar-refractivity contribution >= 4 is 5.97 Å². The van der Waals surface area contributed by atoms with Crippen molar-refractivity contribution in [2.45, 2.75) is 38.4 Å². The molecule has 1 aliphatic rings. The highest BCUT2D eigenvalue weighted by atomic mass is 19.4. The van der Waals surface area contributed by atoms with Crippen molar-refractivity contribution in [3.63, 3.8) is 0 Å². The normalized spacial score (nSPS) is 22.1. The summed E-state index contributed by atoms with van der Waals surface area (Å²) < 4.78 is 44.5. The van der Waals surface area contributed by atoms with E-state index in [1.54, 1.807) is 13.2 Å². The van der Waals surface area contributed by atoms with Crippen LogP contribution in [0.3, 0.4) is 0 Å². The molecule has 0 bridgehead atoms. The standard InChI is InChI=1S/C18H24F3NO3/c1-25-11-5-9-17(16(23)24)8-4-10-22(13-17)12-14-6-2-3-7-15(14)18(19,20)21/h2-3,6-7H,4-5,8-13H2,1H3,(H,23,24). The number of carboxylic acid groups (broad SMARTS) is 1. The lowest BCUT2D eigenvalue weighted by molar-refractivity contribution is -0.154. The van der Waals surface area contributed by atoms with Gasteiger partial charge in [-0.3, -0.25) is 9.69 Å². The van der Waals surface area contributed by atoms with Gasteiger partial charge in [-0.05, 0) is 43.9 Å². The molecular weight excluding hydrogens is 335 g/mol. The summed E-state index contributed by atoms with van der Waals surface area (Å²) in [5.41, 5.74) is -1.38. The quantitative estimate of drug-likeness (QED) is 0.753. The highest BCUT2D eigenvalue weighted by Crippen LogP contribution is 2.37. The van der Waals surface area contributed by atoms with Crippen molar-refractivity contribution < 1.29 is 27.8 Å². The van der Waals surface area contributed by atoms with E-state index in [0.717, 1.165) is 6.07 Å². The zero-order valence-electron chi connectivity index (χ0n) is 14.3. The number of nitrogens with zero attached hydrogens (tertiary/aromatic N) is 1. The molecule has 0 saturated carbocycles. The lowest BCUT2D eigenvalue weighted by Crippen LogP contribution is -2.47. The molecular formula is C18H24F3NO3. The van der Waals surface area contributed by atoms with E-state index in [-0.39, 0.29) is 18.7 Å². The zero-order valence-corrected chi connectivity index (χ0v) is 14.3. The molecule has 2 rings (SSSR count). The topological polar surface area (TPSA) is 49.8 Å². The van der Waals surface area contributed by atoms with E-state index in [2.05, 4.69) is 0 Å². The van der Waals surface area contributed by atoms with Crippen LogP contribution in [0.25, 0.3) is 0 Å². The van der Waals surface area contributed by atoms with Gasteiger partial charge in [-0.25, -0.2) is 0 Å². The van der Waals surface area contributed by atoms with Crippen molar-refractivity contribution in [1.29, 1.82) is 0 Å². The number of carbonyl (C=O) groups is 1. The first kappa shape index (κ1) is 19.7. The predicted molar refractivity (Wildman–Crippen MR) is 87.1 cm³/mol. The Hall–Kier alpha value is -1.60. The number of alkyl halides is 3. The number of rotatable bonds is 7. The fourth-order valence-corrected chi connectivity index (χ4v) is 3.58. The number of aliphatic carboxylic acids is 1. The molecule has 1 saturated heterocycles. The van der Waals surface area contributed by atoms with Gasteiger partial charge in [-0.1, -0.05) is 18.2 Å². The molecule has 1 atom stereocenters. The molecule has 7 heteroatoms. The van der Waals surface area contributed by atoms with Gasteiger partial charge in [-0.15, -0.1) is 0 Å². The Morgan fingerprint density at radius 1 is 1.36 bits per heavy atom. The van der Waals surface area contributed by atoms with Crippen LogP contribution in [0.5, 0.6) is 0 Å². The van der Waals surface area contributed by atoms with Gasteiger partial charge < -0.3 is 9.84 Å². The van der Waals surface area contributed by atoms with E-state index in [0.29, 0.717) is 38.8 Å². The third-order valence-corrected chi connectivity index (χ3v) is 4.83. The monoisotopic (exact) mass is 359 g/mol. The number of likely N-dealkylation sites (tertiary alicyclic amines) is 1. The molecule has 1 N–H and O–H groups in total. The number of benzene rings is 1. The Kier molecular flexibility index (Phi) is 6.46. The van der Waals surface area contributed by atoms with E-state index in [1.807, 2.05) is 4.90 Å². The third kappa shape index (κ3) is 4.95. The second-order valence-corrected chi connectivity index (χ2v) is 6.65. The molecule has 0 amide bonds. The average molecular weight is 359 g/mol. The Balaban J connectivity index is 2.14. The molecule has 1 aliphatic heterocycles. The fraction of sp³-hybridized carbons (Fsp3) is 0.611. The zero-order chi connectivity index (χ0) is 18.5. The fourth-order valence-electron chi connectivity index (χ4n) is 3.58. The molecule has 1 aromatic rings. The van der Waals surface area contributed by atoms with E-state index in [4.69, 9.17) is 4.74 Å². The summed E-state index contributed by atoms with van der Waals surface area (Å²) in [5, 5.41) is 9.71. The minimum atomic E-state index is -4.41. The second kappa shape index (κ2) is 8.19. The van der Waals surface area contributed by atoms with Crippen LogP contribution in [0.2, 0.25) is 0 Å². The van der Waals surface area contributed by atoms with Crippen LogP contribution in [0.15, 0.2) is 24.3 Å². The van der Waals surface area contributed by atoms with Gasteiger partial charge >= 0.3 is 12.1 Å². The molecule has 1 heterocycles. The van der Waals surface area contributed by atoms with Gasteiger partial charge in [0.25, 0.3) is 0 Å². The van der Waals surface area contributed by atoms with E-state index in [1.165, 1.54) is 12.1 Å². The maximum Gasteiger partial charge on any atom is 0.416 e. The summed E-state index contributed by atoms with van der Waals surface area (Å²) in [6.45, 7) is 1.45. The van der Waals surface area contributed by atoms with Gasteiger partial charge in [0.1, 0.15) is 0 Å². The summed E-state index contributed by atoms with van der Waals surface area (Å²) in [5.74, 6) is -0.877. The van der Waals surface area contributed by atoms with Gasteiger partial charge in [0, 0.05) is 26.8 Å². The summed E-state index contributed by atoms with van der Waals surface area (Å²) in [4.78, 5) is 13.7. The van der Waals surface area contributed by atoms with Crippen molar-refractivity contribution in [3.05, 3.63) is 35.4 Å². The van der Waals surface area contributed by atoms with Crippen LogP contribution >= 0.6 is 0 Å². The summed E-state index contributed by atoms with van der Waals surface area (Å²) in [6, 6.07) is 5.49. The molecule has 1 fully saturated rings. The van der Waals surface area contributed by atoms with Gasteiger partial charge in [0.05, 0.1) is 11.0 Å². The molecule has 1 aromatic carbocycles. The van der Waals surface area contributed by atoms with Crippen LogP contribution in [0.4, 0.5) is 13.2 Å². The summed E-state index contributed by atoms with van der Waals surface area (Å²) in [7, 11) is 1.56. The van der Waals surface area contributed by atoms with Gasteiger partial charge in [-0.2, -0.15) is 13.2 Å². The number of methoxy groups -OCH3 is 1. The number of hydrogen-bond donors (Lipinski definition) is 1. The smallest absolute Gasteiger partial charge is 0.416 e. The molecule has 1 unspecified atom stereocenters. The molecule has 0 spiro atoms. The van der Waals surface area contributed by atoms with Crippen LogP contribution in [-0.4, -0.2) is 42.8 Å². The highest BCUT2D eigenvalue weighted by Gasteiger charge is 2.42. The van der Waals surface area contributed by atoms with E-state index in [9.17, 15) is 23.1 Å². The largest absolute Gasteiger partial charge is 0.481 e. The minimum Gasteiger partial charge on any atom is -0.481 e. The summed E-state index contributed by atoms with van der Waals surface area (Å²) in [6.07, 6.45) is -2.12. The molecule has 25 heavy (non-hydrogen) atoms. The first-order valence-corrected chi connectivity index (χ1v) is 8.38. The Bertz CT molecular complexity index is 591.